The topological polar surface area (TPSA) is 34.1 Å². The van der Waals surface area contributed by atoms with Crippen LogP contribution in [0.25, 0.3) is 5.57 Å². The molecule has 0 N–H and O–H groups in total. The van der Waals surface area contributed by atoms with Gasteiger partial charge in [0.2, 0.25) is 0 Å². The van der Waals surface area contributed by atoms with E-state index in [9.17, 15) is 12.8 Å². The Kier molecular flexibility index (Phi) is 5.81. The third kappa shape index (κ3) is 4.91. The van der Waals surface area contributed by atoms with Gasteiger partial charge in [-0.2, -0.15) is 0 Å². The van der Waals surface area contributed by atoms with Gasteiger partial charge in [0.15, 0.2) is 9.84 Å². The summed E-state index contributed by atoms with van der Waals surface area (Å²) in [5, 5.41) is 0. The minimum Gasteiger partial charge on any atom is -0.239 e. The molecule has 1 aromatic carbocycles. The van der Waals surface area contributed by atoms with Crippen molar-refractivity contribution in [3.8, 4) is 0 Å². The summed E-state index contributed by atoms with van der Waals surface area (Å²) in [6.45, 7) is 3.39. The lowest BCUT2D eigenvalue weighted by Crippen LogP contribution is -2.11. The minimum absolute atomic E-state index is 0.335. The zero-order chi connectivity index (χ0) is 17.8. The Hall–Kier alpha value is -1.68. The van der Waals surface area contributed by atoms with E-state index in [4.69, 9.17) is 0 Å². The second-order valence-electron chi connectivity index (χ2n) is 6.54. The van der Waals surface area contributed by atoms with E-state index in [0.29, 0.717) is 11.3 Å². The van der Waals surface area contributed by atoms with Gasteiger partial charge in [-0.1, -0.05) is 36.4 Å². The Morgan fingerprint density at radius 2 is 1.88 bits per heavy atom. The average Bonchev–Trinajstić information content (AvgIpc) is 2.94. The lowest BCUT2D eigenvalue weighted by atomic mass is 10.00. The molecule has 0 heterocycles. The Labute approximate surface area is 144 Å². The van der Waals surface area contributed by atoms with Crippen molar-refractivity contribution in [2.75, 3.05) is 6.26 Å². The van der Waals surface area contributed by atoms with E-state index in [-0.39, 0.29) is 0 Å². The second-order valence-corrected chi connectivity index (χ2v) is 8.55. The van der Waals surface area contributed by atoms with Gasteiger partial charge in [0, 0.05) is 12.7 Å². The molecule has 1 aromatic rings. The molecule has 1 atom stereocenters. The van der Waals surface area contributed by atoms with E-state index in [1.807, 2.05) is 31.2 Å². The Balaban J connectivity index is 2.20. The van der Waals surface area contributed by atoms with Gasteiger partial charge in [-0.15, -0.1) is 0 Å². The van der Waals surface area contributed by atoms with Gasteiger partial charge in [-0.05, 0) is 62.0 Å². The summed E-state index contributed by atoms with van der Waals surface area (Å²) in [5.74, 6) is 0. The third-order valence-electron chi connectivity index (χ3n) is 4.24. The van der Waals surface area contributed by atoms with Gasteiger partial charge in [-0.25, -0.2) is 12.8 Å². The maximum atomic E-state index is 14.1. The molecule has 0 spiro atoms. The van der Waals surface area contributed by atoms with Crippen LogP contribution >= 0.6 is 0 Å². The third-order valence-corrected chi connectivity index (χ3v) is 5.37. The highest BCUT2D eigenvalue weighted by atomic mass is 32.2. The lowest BCUT2D eigenvalue weighted by Gasteiger charge is -2.12. The first-order chi connectivity index (χ1) is 11.2. The zero-order valence-corrected chi connectivity index (χ0v) is 15.4. The number of rotatable bonds is 6. The van der Waals surface area contributed by atoms with Crippen LogP contribution < -0.4 is 0 Å². The van der Waals surface area contributed by atoms with Crippen LogP contribution in [-0.4, -0.2) is 20.3 Å². The molecule has 0 aliphatic heterocycles. The molecule has 1 unspecified atom stereocenters. The first-order valence-corrected chi connectivity index (χ1v) is 10.1. The monoisotopic (exact) mass is 348 g/mol. The minimum atomic E-state index is -3.17. The van der Waals surface area contributed by atoms with Crippen molar-refractivity contribution in [2.24, 2.45) is 0 Å². The van der Waals surface area contributed by atoms with E-state index < -0.39 is 15.5 Å². The molecule has 0 saturated heterocycles. The fourth-order valence-corrected chi connectivity index (χ4v) is 3.66. The number of allylic oxidation sites excluding steroid dienone is 6. The predicted molar refractivity (Wildman–Crippen MR) is 98.4 cm³/mol. The van der Waals surface area contributed by atoms with Crippen LogP contribution in [0, 0.1) is 0 Å². The Bertz CT molecular complexity index is 766. The molecule has 1 aliphatic carbocycles. The first-order valence-electron chi connectivity index (χ1n) is 8.25. The highest BCUT2D eigenvalue weighted by Gasteiger charge is 2.18. The SMILES string of the molecule is C/C=C\C(C)(F)C/C=C/C1=C(c2ccc(S(C)(=O)=O)cc2)CCC1. The molecule has 0 amide bonds. The predicted octanol–water partition coefficient (Wildman–Crippen LogP) is 5.28. The maximum absolute atomic E-state index is 14.1. The summed E-state index contributed by atoms with van der Waals surface area (Å²) in [6.07, 6.45) is 11.8. The Morgan fingerprint density at radius 3 is 2.46 bits per heavy atom. The summed E-state index contributed by atoms with van der Waals surface area (Å²) in [4.78, 5) is 0.335. The highest BCUT2D eigenvalue weighted by Crippen LogP contribution is 2.35. The second kappa shape index (κ2) is 7.47. The summed E-state index contributed by atoms with van der Waals surface area (Å²) >= 11 is 0. The van der Waals surface area contributed by atoms with Crippen LogP contribution in [0.15, 0.2) is 59.0 Å². The Morgan fingerprint density at radius 1 is 1.21 bits per heavy atom. The molecule has 0 radical (unpaired) electrons. The standard InChI is InChI=1S/C20H25FO2S/c1-4-14-20(2,21)15-6-8-16-7-5-9-19(16)17-10-12-18(13-11-17)24(3,22)23/h4,6,8,10-14H,5,7,9,15H2,1-3H3/b8-6+,14-4-. The number of hydrogen-bond donors (Lipinski definition) is 0. The molecule has 0 saturated carbocycles. The molecule has 2 nitrogen and oxygen atoms in total. The van der Waals surface area contributed by atoms with Crippen LogP contribution in [0.4, 0.5) is 4.39 Å². The molecule has 24 heavy (non-hydrogen) atoms. The molecule has 0 aromatic heterocycles. The van der Waals surface area contributed by atoms with E-state index in [1.165, 1.54) is 17.4 Å². The van der Waals surface area contributed by atoms with Crippen LogP contribution in [0.1, 0.15) is 45.1 Å². The van der Waals surface area contributed by atoms with Gasteiger partial charge >= 0.3 is 0 Å². The summed E-state index contributed by atoms with van der Waals surface area (Å²) in [6, 6.07) is 7.04. The first kappa shape index (κ1) is 18.7. The van der Waals surface area contributed by atoms with Crippen molar-refractivity contribution in [2.45, 2.75) is 50.1 Å². The quantitative estimate of drug-likeness (QED) is 0.656. The molecule has 0 bridgehead atoms. The van der Waals surface area contributed by atoms with Gasteiger partial charge < -0.3 is 0 Å². The lowest BCUT2D eigenvalue weighted by molar-refractivity contribution is 0.261. The van der Waals surface area contributed by atoms with Crippen molar-refractivity contribution in [3.05, 3.63) is 59.7 Å². The van der Waals surface area contributed by atoms with E-state index in [1.54, 1.807) is 31.2 Å². The molecule has 1 aliphatic rings. The molecule has 4 heteroatoms. The van der Waals surface area contributed by atoms with E-state index in [2.05, 4.69) is 0 Å². The van der Waals surface area contributed by atoms with E-state index in [0.717, 1.165) is 24.8 Å². The van der Waals surface area contributed by atoms with Crippen molar-refractivity contribution in [1.29, 1.82) is 0 Å². The largest absolute Gasteiger partial charge is 0.239 e. The van der Waals surface area contributed by atoms with Crippen LogP contribution in [0.2, 0.25) is 0 Å². The molecular weight excluding hydrogens is 323 g/mol. The van der Waals surface area contributed by atoms with Crippen molar-refractivity contribution in [1.82, 2.24) is 0 Å². The van der Waals surface area contributed by atoms with Crippen molar-refractivity contribution < 1.29 is 12.8 Å². The van der Waals surface area contributed by atoms with Gasteiger partial charge in [0.25, 0.3) is 0 Å². The van der Waals surface area contributed by atoms with Crippen LogP contribution in [0.3, 0.4) is 0 Å². The number of halogens is 1. The molecule has 0 fully saturated rings. The van der Waals surface area contributed by atoms with Crippen LogP contribution in [0.5, 0.6) is 0 Å². The summed E-state index contributed by atoms with van der Waals surface area (Å²) < 4.78 is 37.2. The van der Waals surface area contributed by atoms with Gasteiger partial charge in [0.05, 0.1) is 4.90 Å². The fourth-order valence-electron chi connectivity index (χ4n) is 3.03. The molecule has 130 valence electrons. The van der Waals surface area contributed by atoms with Crippen LogP contribution in [-0.2, 0) is 9.84 Å². The molecule has 2 rings (SSSR count). The van der Waals surface area contributed by atoms with Gasteiger partial charge in [0.1, 0.15) is 5.67 Å². The number of benzene rings is 1. The van der Waals surface area contributed by atoms with E-state index >= 15 is 0 Å². The summed E-state index contributed by atoms with van der Waals surface area (Å²) in [7, 11) is -3.17. The number of sulfone groups is 1. The smallest absolute Gasteiger partial charge is 0.175 e. The average molecular weight is 348 g/mol. The van der Waals surface area contributed by atoms with Crippen molar-refractivity contribution in [3.63, 3.8) is 0 Å². The zero-order valence-electron chi connectivity index (χ0n) is 14.5. The van der Waals surface area contributed by atoms with Crippen molar-refractivity contribution >= 4 is 15.4 Å². The fraction of sp³-hybridized carbons (Fsp3) is 0.400. The normalized spacial score (nSPS) is 18.7. The number of alkyl halides is 1. The summed E-state index contributed by atoms with van der Waals surface area (Å²) in [5.41, 5.74) is 2.19. The van der Waals surface area contributed by atoms with Gasteiger partial charge in [-0.3, -0.25) is 0 Å². The maximum Gasteiger partial charge on any atom is 0.175 e. The molecular formula is C20H25FO2S. The number of hydrogen-bond acceptors (Lipinski definition) is 2. The highest BCUT2D eigenvalue weighted by molar-refractivity contribution is 7.90.